The predicted octanol–water partition coefficient (Wildman–Crippen LogP) is 4.87. The van der Waals surface area contributed by atoms with Crippen molar-refractivity contribution in [3.63, 3.8) is 0 Å². The number of nitrogens with zero attached hydrogens (tertiary/aromatic N) is 2. The van der Waals surface area contributed by atoms with Gasteiger partial charge in [-0.15, -0.1) is 9.62 Å². The maximum absolute atomic E-state index is 13.7. The lowest BCUT2D eigenvalue weighted by atomic mass is 10.1. The van der Waals surface area contributed by atoms with Gasteiger partial charge in [-0.1, -0.05) is 11.6 Å². The van der Waals surface area contributed by atoms with Crippen LogP contribution in [0.15, 0.2) is 36.5 Å². The number of hydrogen-bond donors (Lipinski definition) is 6. The molecule has 1 aliphatic rings. The Balaban J connectivity index is 1.74. The first kappa shape index (κ1) is 28.2. The molecule has 4 rings (SSSR count). The van der Waals surface area contributed by atoms with Crippen LogP contribution in [0, 0.1) is 17.1 Å². The molecule has 0 aliphatic carbocycles. The highest BCUT2D eigenvalue weighted by Gasteiger charge is 2.34. The minimum atomic E-state index is -2.93. The summed E-state index contributed by atoms with van der Waals surface area (Å²) in [5.74, 6) is -0.423. The average molecular weight is 583 g/mol. The Kier molecular flexibility index (Phi) is 8.84. The number of aliphatic hydroxyl groups excluding tert-OH is 2. The summed E-state index contributed by atoms with van der Waals surface area (Å²) in [5, 5.41) is 34.1. The summed E-state index contributed by atoms with van der Waals surface area (Å²) in [6.07, 6.45) is 0.505. The third kappa shape index (κ3) is 6.41. The zero-order valence-electron chi connectivity index (χ0n) is 19.7. The van der Waals surface area contributed by atoms with Crippen LogP contribution >= 0.6 is 32.0 Å². The van der Waals surface area contributed by atoms with Gasteiger partial charge in [-0.05, 0) is 41.5 Å². The molecule has 0 bridgehead atoms. The third-order valence-electron chi connectivity index (χ3n) is 5.74. The SMILES string of the molecule is N#Cc1cnc2cc(OCC(O)CO)c(NC(=O)CC3CCSS3(O)O)cc2c1Nc1ccc(F)c(Cl)c1. The van der Waals surface area contributed by atoms with Crippen molar-refractivity contribution < 1.29 is 33.2 Å². The Hall–Kier alpha value is -2.83. The third-order valence-corrected chi connectivity index (χ3v) is 10.4. The summed E-state index contributed by atoms with van der Waals surface area (Å²) < 4.78 is 39.7. The summed E-state index contributed by atoms with van der Waals surface area (Å²) in [5.41, 5.74) is 1.43. The van der Waals surface area contributed by atoms with E-state index in [0.29, 0.717) is 34.5 Å². The van der Waals surface area contributed by atoms with Crippen molar-refractivity contribution in [3.8, 4) is 11.8 Å². The molecule has 3 aromatic rings. The van der Waals surface area contributed by atoms with Crippen molar-refractivity contribution in [2.75, 3.05) is 29.6 Å². The topological polar surface area (TPSA) is 168 Å². The highest BCUT2D eigenvalue weighted by atomic mass is 35.5. The van der Waals surface area contributed by atoms with Crippen LogP contribution in [0.5, 0.6) is 5.75 Å². The maximum Gasteiger partial charge on any atom is 0.226 e. The number of anilines is 3. The number of amides is 1. The molecule has 0 radical (unpaired) electrons. The number of rotatable bonds is 9. The van der Waals surface area contributed by atoms with Crippen molar-refractivity contribution >= 4 is 65.9 Å². The first-order chi connectivity index (χ1) is 18.1. The summed E-state index contributed by atoms with van der Waals surface area (Å²) in [4.78, 5) is 17.2. The minimum absolute atomic E-state index is 0.117. The van der Waals surface area contributed by atoms with Crippen molar-refractivity contribution in [2.24, 2.45) is 0 Å². The van der Waals surface area contributed by atoms with Gasteiger partial charge < -0.3 is 25.6 Å². The van der Waals surface area contributed by atoms with Crippen LogP contribution < -0.4 is 15.4 Å². The first-order valence-electron chi connectivity index (χ1n) is 11.3. The standard InChI is InChI=1S/C24H24ClFN4O6S2/c25-18-5-14(1-2-19(18)26)29-24-13(9-27)10-28-20-8-22(36-12-15(32)11-31)21(7-17(20)24)30-23(33)6-16-3-4-37-38(16,34)35/h1-2,5,7-8,10,15-16,31-32,34-35H,3-4,6,11-12H2,(H,28,29)(H,30,33). The Bertz CT molecular complexity index is 1410. The molecule has 1 aliphatic heterocycles. The molecular weight excluding hydrogens is 559 g/mol. The molecule has 0 spiro atoms. The first-order valence-corrected chi connectivity index (χ1v) is 14.8. The number of hydrogen-bond acceptors (Lipinski definition) is 10. The number of nitrogens with one attached hydrogen (secondary N) is 2. The molecule has 1 amide bonds. The zero-order valence-corrected chi connectivity index (χ0v) is 22.1. The van der Waals surface area contributed by atoms with Crippen LogP contribution in [0.25, 0.3) is 10.9 Å². The van der Waals surface area contributed by atoms with Crippen LogP contribution in [-0.2, 0) is 4.79 Å². The number of benzene rings is 2. The number of aliphatic hydroxyl groups is 2. The lowest BCUT2D eigenvalue weighted by molar-refractivity contribution is -0.116. The van der Waals surface area contributed by atoms with Crippen LogP contribution in [0.3, 0.4) is 0 Å². The van der Waals surface area contributed by atoms with Crippen LogP contribution in [0.1, 0.15) is 18.4 Å². The molecule has 6 N–H and O–H groups in total. The van der Waals surface area contributed by atoms with Crippen molar-refractivity contribution in [1.82, 2.24) is 4.98 Å². The second-order valence-corrected chi connectivity index (χ2v) is 13.4. The van der Waals surface area contributed by atoms with Gasteiger partial charge in [0.15, 0.2) is 0 Å². The molecule has 1 saturated heterocycles. The van der Waals surface area contributed by atoms with E-state index in [2.05, 4.69) is 15.6 Å². The van der Waals surface area contributed by atoms with Gasteiger partial charge in [0.25, 0.3) is 0 Å². The van der Waals surface area contributed by atoms with Crippen LogP contribution in [0.2, 0.25) is 5.02 Å². The maximum atomic E-state index is 13.7. The zero-order chi connectivity index (χ0) is 27.4. The molecule has 1 fully saturated rings. The van der Waals surface area contributed by atoms with Gasteiger partial charge in [0.2, 0.25) is 5.91 Å². The van der Waals surface area contributed by atoms with Gasteiger partial charge in [-0.25, -0.2) is 4.39 Å². The largest absolute Gasteiger partial charge is 0.489 e. The fourth-order valence-electron chi connectivity index (χ4n) is 3.78. The van der Waals surface area contributed by atoms with E-state index in [4.69, 9.17) is 21.4 Å². The molecule has 2 atom stereocenters. The van der Waals surface area contributed by atoms with Gasteiger partial charge in [-0.3, -0.25) is 18.9 Å². The number of carbonyl (C=O) groups is 1. The highest BCUT2D eigenvalue weighted by Crippen LogP contribution is 2.63. The number of aromatic nitrogens is 1. The van der Waals surface area contributed by atoms with E-state index in [1.165, 1.54) is 36.5 Å². The normalized spacial score (nSPS) is 18.0. The summed E-state index contributed by atoms with van der Waals surface area (Å²) in [6.45, 7) is -0.815. The molecule has 0 saturated carbocycles. The highest BCUT2D eigenvalue weighted by molar-refractivity contribution is 8.90. The van der Waals surface area contributed by atoms with Gasteiger partial charge >= 0.3 is 0 Å². The van der Waals surface area contributed by atoms with Gasteiger partial charge in [0.1, 0.15) is 30.3 Å². The van der Waals surface area contributed by atoms with Crippen LogP contribution in [0.4, 0.5) is 21.5 Å². The molecule has 202 valence electrons. The van der Waals surface area contributed by atoms with E-state index in [1.54, 1.807) is 0 Å². The number of nitriles is 1. The Morgan fingerprint density at radius 2 is 2.16 bits per heavy atom. The Labute approximate surface area is 227 Å². The van der Waals surface area contributed by atoms with E-state index >= 15 is 0 Å². The van der Waals surface area contributed by atoms with E-state index < -0.39 is 39.3 Å². The Morgan fingerprint density at radius 1 is 1.37 bits per heavy atom. The minimum Gasteiger partial charge on any atom is -0.489 e. The molecular formula is C24H24ClFN4O6S2. The predicted molar refractivity (Wildman–Crippen MR) is 147 cm³/mol. The van der Waals surface area contributed by atoms with Gasteiger partial charge in [-0.2, -0.15) is 5.26 Å². The fourth-order valence-corrected chi connectivity index (χ4v) is 7.82. The molecule has 1 aromatic heterocycles. The smallest absolute Gasteiger partial charge is 0.226 e. The Morgan fingerprint density at radius 3 is 2.82 bits per heavy atom. The second-order valence-electron chi connectivity index (χ2n) is 8.45. The van der Waals surface area contributed by atoms with Crippen LogP contribution in [-0.4, -0.2) is 60.5 Å². The van der Waals surface area contributed by atoms with Crippen molar-refractivity contribution in [2.45, 2.75) is 24.2 Å². The molecule has 10 nitrogen and oxygen atoms in total. The number of carbonyl (C=O) groups excluding carboxylic acids is 1. The molecule has 14 heteroatoms. The quantitative estimate of drug-likeness (QED) is 0.191. The van der Waals surface area contributed by atoms with E-state index in [0.717, 1.165) is 10.8 Å². The lowest BCUT2D eigenvalue weighted by Gasteiger charge is -2.31. The summed E-state index contributed by atoms with van der Waals surface area (Å²) in [7, 11) is -1.89. The van der Waals surface area contributed by atoms with Gasteiger partial charge in [0, 0.05) is 35.5 Å². The second kappa shape index (κ2) is 11.9. The average Bonchev–Trinajstić information content (AvgIpc) is 3.22. The van der Waals surface area contributed by atoms with Gasteiger partial charge in [0.05, 0.1) is 39.3 Å². The number of ether oxygens (including phenoxy) is 1. The van der Waals surface area contributed by atoms with Crippen molar-refractivity contribution in [1.29, 1.82) is 5.26 Å². The molecule has 38 heavy (non-hydrogen) atoms. The van der Waals surface area contributed by atoms with E-state index in [1.807, 2.05) is 6.07 Å². The molecule has 2 unspecified atom stereocenters. The van der Waals surface area contributed by atoms with Crippen molar-refractivity contribution in [3.05, 3.63) is 52.9 Å². The monoisotopic (exact) mass is 582 g/mol. The number of halogens is 2. The summed E-state index contributed by atoms with van der Waals surface area (Å²) in [6, 6.07) is 9.05. The van der Waals surface area contributed by atoms with E-state index in [9.17, 15) is 28.7 Å². The lowest BCUT2D eigenvalue weighted by Crippen LogP contribution is -2.23. The fraction of sp³-hybridized carbons (Fsp3) is 0.292. The molecule has 2 aromatic carbocycles. The number of pyridine rings is 1. The number of fused-ring (bicyclic) bond motifs is 1. The summed E-state index contributed by atoms with van der Waals surface area (Å²) >= 11 is 5.91. The van der Waals surface area contributed by atoms with E-state index in [-0.39, 0.29) is 35.1 Å². The molecule has 2 heterocycles.